The zero-order valence-electron chi connectivity index (χ0n) is 12.4. The van der Waals surface area contributed by atoms with Crippen molar-refractivity contribution in [1.82, 2.24) is 4.90 Å². The van der Waals surface area contributed by atoms with E-state index in [0.29, 0.717) is 46.1 Å². The molecule has 1 aliphatic rings. The fourth-order valence-corrected chi connectivity index (χ4v) is 3.82. The van der Waals surface area contributed by atoms with Crippen molar-refractivity contribution in [2.45, 2.75) is 0 Å². The van der Waals surface area contributed by atoms with Crippen LogP contribution in [0.25, 0.3) is 0 Å². The summed E-state index contributed by atoms with van der Waals surface area (Å²) in [6, 6.07) is 8.05. The summed E-state index contributed by atoms with van der Waals surface area (Å²) in [5.41, 5.74) is 0.503. The van der Waals surface area contributed by atoms with E-state index in [4.69, 9.17) is 23.2 Å². The average molecular weight is 386 g/mol. The molecule has 126 valence electrons. The highest BCUT2D eigenvalue weighted by Gasteiger charge is 2.27. The Bertz CT molecular complexity index is 788. The van der Waals surface area contributed by atoms with Crippen molar-refractivity contribution in [1.29, 1.82) is 0 Å². The van der Waals surface area contributed by atoms with Crippen LogP contribution in [0.4, 0.5) is 11.4 Å². The number of hydrogen-bond donors (Lipinski definition) is 0. The normalized spacial score (nSPS) is 14.8. The number of rotatable bonds is 3. The molecule has 0 atom stereocenters. The van der Waals surface area contributed by atoms with E-state index >= 15 is 0 Å². The Hall–Kier alpha value is -1.83. The van der Waals surface area contributed by atoms with Crippen molar-refractivity contribution in [3.8, 4) is 0 Å². The average Bonchev–Trinajstić information content (AvgIpc) is 3.01. The van der Waals surface area contributed by atoms with E-state index in [2.05, 4.69) is 0 Å². The summed E-state index contributed by atoms with van der Waals surface area (Å²) in [6.07, 6.45) is 0. The van der Waals surface area contributed by atoms with Crippen LogP contribution in [0.2, 0.25) is 9.36 Å². The first kappa shape index (κ1) is 17.0. The molecule has 9 heteroatoms. The second kappa shape index (κ2) is 6.96. The number of amides is 1. The molecular formula is C15H13Cl2N3O3S. The molecule has 0 saturated carbocycles. The SMILES string of the molecule is O=C(c1ccc(Cl)s1)N1CCN(c2ccc(Cl)cc2[N+](=O)[O-])CC1. The zero-order chi connectivity index (χ0) is 17.3. The number of nitro groups is 1. The highest BCUT2D eigenvalue weighted by atomic mass is 35.5. The summed E-state index contributed by atoms with van der Waals surface area (Å²) in [4.78, 5) is 27.4. The summed E-state index contributed by atoms with van der Waals surface area (Å²) in [5, 5.41) is 11.5. The van der Waals surface area contributed by atoms with E-state index in [9.17, 15) is 14.9 Å². The van der Waals surface area contributed by atoms with Gasteiger partial charge in [0, 0.05) is 37.3 Å². The molecule has 2 heterocycles. The molecule has 0 unspecified atom stereocenters. The van der Waals surface area contributed by atoms with E-state index in [-0.39, 0.29) is 11.6 Å². The van der Waals surface area contributed by atoms with E-state index < -0.39 is 4.92 Å². The first-order chi connectivity index (χ1) is 11.5. The fraction of sp³-hybridized carbons (Fsp3) is 0.267. The fourth-order valence-electron chi connectivity index (χ4n) is 2.65. The van der Waals surface area contributed by atoms with E-state index in [1.807, 2.05) is 4.90 Å². The second-order valence-corrected chi connectivity index (χ2v) is 7.42. The van der Waals surface area contributed by atoms with Crippen LogP contribution in [-0.4, -0.2) is 41.9 Å². The Morgan fingerprint density at radius 1 is 1.12 bits per heavy atom. The molecule has 1 aromatic carbocycles. The Morgan fingerprint density at radius 3 is 2.42 bits per heavy atom. The number of anilines is 1. The Kier molecular flexibility index (Phi) is 4.93. The number of halogens is 2. The molecule has 24 heavy (non-hydrogen) atoms. The van der Waals surface area contributed by atoms with Crippen LogP contribution in [0.15, 0.2) is 30.3 Å². The lowest BCUT2D eigenvalue weighted by atomic mass is 10.2. The van der Waals surface area contributed by atoms with Crippen molar-refractivity contribution >= 4 is 51.8 Å². The number of carbonyl (C=O) groups is 1. The van der Waals surface area contributed by atoms with Gasteiger partial charge >= 0.3 is 0 Å². The smallest absolute Gasteiger partial charge is 0.294 e. The third kappa shape index (κ3) is 3.48. The minimum atomic E-state index is -0.438. The van der Waals surface area contributed by atoms with Crippen LogP contribution in [0, 0.1) is 10.1 Å². The second-order valence-electron chi connectivity index (χ2n) is 5.27. The number of nitrogens with zero attached hydrogens (tertiary/aromatic N) is 3. The van der Waals surface area contributed by atoms with Crippen LogP contribution in [0.5, 0.6) is 0 Å². The van der Waals surface area contributed by atoms with Crippen LogP contribution in [0.1, 0.15) is 9.67 Å². The predicted molar refractivity (Wildman–Crippen MR) is 95.6 cm³/mol. The minimum absolute atomic E-state index is 0.0210. The molecule has 1 saturated heterocycles. The number of piperazine rings is 1. The van der Waals surface area contributed by atoms with Gasteiger partial charge in [0.1, 0.15) is 5.69 Å². The number of benzene rings is 1. The Morgan fingerprint density at radius 2 is 1.83 bits per heavy atom. The maximum absolute atomic E-state index is 12.4. The Balaban J connectivity index is 1.71. The van der Waals surface area contributed by atoms with Crippen molar-refractivity contribution < 1.29 is 9.72 Å². The molecule has 0 bridgehead atoms. The maximum atomic E-state index is 12.4. The number of nitro benzene ring substituents is 1. The lowest BCUT2D eigenvalue weighted by Crippen LogP contribution is -2.48. The van der Waals surface area contributed by atoms with Crippen LogP contribution in [-0.2, 0) is 0 Å². The van der Waals surface area contributed by atoms with Crippen molar-refractivity contribution in [3.05, 3.63) is 54.7 Å². The first-order valence-electron chi connectivity index (χ1n) is 7.19. The lowest BCUT2D eigenvalue weighted by Gasteiger charge is -2.35. The third-order valence-electron chi connectivity index (χ3n) is 3.83. The predicted octanol–water partition coefficient (Wildman–Crippen LogP) is 3.93. The summed E-state index contributed by atoms with van der Waals surface area (Å²) in [5.74, 6) is -0.0582. The van der Waals surface area contributed by atoms with Gasteiger partial charge in [0.2, 0.25) is 0 Å². The topological polar surface area (TPSA) is 66.7 Å². The third-order valence-corrected chi connectivity index (χ3v) is 5.28. The van der Waals surface area contributed by atoms with Gasteiger partial charge in [-0.25, -0.2) is 0 Å². The number of hydrogen-bond acceptors (Lipinski definition) is 5. The molecule has 1 amide bonds. The van der Waals surface area contributed by atoms with Gasteiger partial charge in [0.25, 0.3) is 11.6 Å². The molecule has 6 nitrogen and oxygen atoms in total. The van der Waals surface area contributed by atoms with Gasteiger partial charge in [-0.05, 0) is 24.3 Å². The van der Waals surface area contributed by atoms with Crippen molar-refractivity contribution in [3.63, 3.8) is 0 Å². The highest BCUT2D eigenvalue weighted by molar-refractivity contribution is 7.17. The molecular weight excluding hydrogens is 373 g/mol. The van der Waals surface area contributed by atoms with Gasteiger partial charge in [-0.1, -0.05) is 23.2 Å². The quantitative estimate of drug-likeness (QED) is 0.592. The lowest BCUT2D eigenvalue weighted by molar-refractivity contribution is -0.384. The van der Waals surface area contributed by atoms with Gasteiger partial charge in [0.05, 0.1) is 14.1 Å². The van der Waals surface area contributed by atoms with Gasteiger partial charge in [0.15, 0.2) is 0 Å². The molecule has 0 radical (unpaired) electrons. The zero-order valence-corrected chi connectivity index (χ0v) is 14.8. The van der Waals surface area contributed by atoms with Crippen LogP contribution in [0.3, 0.4) is 0 Å². The van der Waals surface area contributed by atoms with Crippen molar-refractivity contribution in [2.24, 2.45) is 0 Å². The summed E-state index contributed by atoms with van der Waals surface area (Å²) in [6.45, 7) is 2.03. The van der Waals surface area contributed by atoms with Gasteiger partial charge in [-0.2, -0.15) is 0 Å². The number of thiophene rings is 1. The maximum Gasteiger partial charge on any atom is 0.294 e. The number of carbonyl (C=O) groups excluding carboxylic acids is 1. The summed E-state index contributed by atoms with van der Waals surface area (Å²) < 4.78 is 0.578. The van der Waals surface area contributed by atoms with Crippen LogP contribution < -0.4 is 4.90 Å². The molecule has 0 N–H and O–H groups in total. The molecule has 2 aromatic rings. The largest absolute Gasteiger partial charge is 0.362 e. The molecule has 3 rings (SSSR count). The van der Waals surface area contributed by atoms with Crippen molar-refractivity contribution in [2.75, 3.05) is 31.1 Å². The Labute approximate surface area is 152 Å². The minimum Gasteiger partial charge on any atom is -0.362 e. The first-order valence-corrected chi connectivity index (χ1v) is 8.76. The van der Waals surface area contributed by atoms with E-state index in [1.54, 1.807) is 29.2 Å². The van der Waals surface area contributed by atoms with Gasteiger partial charge < -0.3 is 9.80 Å². The summed E-state index contributed by atoms with van der Waals surface area (Å²) >= 11 is 13.0. The standard InChI is InChI=1S/C15H13Cl2N3O3S/c16-10-1-2-11(12(9-10)20(22)23)18-5-7-19(8-6-18)15(21)13-3-4-14(17)24-13/h1-4,9H,5-8H2. The molecule has 0 spiro atoms. The summed E-state index contributed by atoms with van der Waals surface area (Å²) in [7, 11) is 0. The van der Waals surface area contributed by atoms with Gasteiger partial charge in [-0.15, -0.1) is 11.3 Å². The highest BCUT2D eigenvalue weighted by Crippen LogP contribution is 2.32. The van der Waals surface area contributed by atoms with Gasteiger partial charge in [-0.3, -0.25) is 14.9 Å². The van der Waals surface area contributed by atoms with Crippen LogP contribution >= 0.6 is 34.5 Å². The van der Waals surface area contributed by atoms with E-state index in [1.165, 1.54) is 17.4 Å². The molecule has 1 aromatic heterocycles. The van der Waals surface area contributed by atoms with E-state index in [0.717, 1.165) is 0 Å². The molecule has 1 aliphatic heterocycles. The molecule has 0 aliphatic carbocycles. The monoisotopic (exact) mass is 385 g/mol. The molecule has 1 fully saturated rings.